The molecule has 0 fully saturated rings. The minimum Gasteiger partial charge on any atom is -0.455 e. The largest absolute Gasteiger partial charge is 0.455 e. The molecule has 0 saturated carbocycles. The zero-order valence-corrected chi connectivity index (χ0v) is 16.3. The van der Waals surface area contributed by atoms with Crippen LogP contribution in [0.25, 0.3) is 11.3 Å². The van der Waals surface area contributed by atoms with Crippen molar-refractivity contribution in [1.29, 1.82) is 0 Å². The van der Waals surface area contributed by atoms with Gasteiger partial charge in [0.25, 0.3) is 5.91 Å². The number of halogens is 3. The zero-order valence-electron chi connectivity index (χ0n) is 12.7. The third kappa shape index (κ3) is 4.62. The number of carbonyl (C=O) groups excluding carboxylic acids is 1. The summed E-state index contributed by atoms with van der Waals surface area (Å²) in [6.07, 6.45) is 1.42. The monoisotopic (exact) mass is 484 g/mol. The van der Waals surface area contributed by atoms with Crippen LogP contribution >= 0.6 is 45.8 Å². The maximum atomic E-state index is 12.0. The van der Waals surface area contributed by atoms with Gasteiger partial charge in [-0.2, -0.15) is 5.10 Å². The van der Waals surface area contributed by atoms with Crippen molar-refractivity contribution in [3.8, 4) is 11.3 Å². The summed E-state index contributed by atoms with van der Waals surface area (Å²) in [5.41, 5.74) is 3.69. The summed E-state index contributed by atoms with van der Waals surface area (Å²) in [7, 11) is 0. The first-order valence-corrected chi connectivity index (χ1v) is 9.00. The Kier molecular flexibility index (Phi) is 5.78. The van der Waals surface area contributed by atoms with Crippen LogP contribution < -0.4 is 5.43 Å². The molecule has 2 aromatic carbocycles. The Labute approximate surface area is 168 Å². The van der Waals surface area contributed by atoms with Crippen molar-refractivity contribution in [1.82, 2.24) is 5.43 Å². The predicted octanol–water partition coefficient (Wildman–Crippen LogP) is 5.62. The first kappa shape index (κ1) is 18.0. The highest BCUT2D eigenvalue weighted by Gasteiger charge is 2.09. The first-order valence-electron chi connectivity index (χ1n) is 7.17. The van der Waals surface area contributed by atoms with E-state index in [2.05, 4.69) is 33.1 Å². The van der Waals surface area contributed by atoms with Crippen LogP contribution in [0.1, 0.15) is 16.1 Å². The molecule has 25 heavy (non-hydrogen) atoms. The molecule has 1 aromatic heterocycles. The average molecular weight is 485 g/mol. The molecule has 1 heterocycles. The third-order valence-electron chi connectivity index (χ3n) is 3.27. The fourth-order valence-corrected chi connectivity index (χ4v) is 3.03. The molecule has 0 bridgehead atoms. The highest BCUT2D eigenvalue weighted by Crippen LogP contribution is 2.31. The number of hydrazone groups is 1. The lowest BCUT2D eigenvalue weighted by molar-refractivity contribution is 0.0955. The van der Waals surface area contributed by atoms with Crippen LogP contribution in [0.2, 0.25) is 10.0 Å². The van der Waals surface area contributed by atoms with E-state index in [4.69, 9.17) is 27.6 Å². The Bertz CT molecular complexity index is 954. The van der Waals surface area contributed by atoms with Crippen LogP contribution in [0.3, 0.4) is 0 Å². The van der Waals surface area contributed by atoms with Crippen molar-refractivity contribution in [2.24, 2.45) is 5.10 Å². The van der Waals surface area contributed by atoms with Gasteiger partial charge in [0.15, 0.2) is 0 Å². The summed E-state index contributed by atoms with van der Waals surface area (Å²) in [4.78, 5) is 12.0. The Hall–Kier alpha value is -1.83. The number of nitrogens with zero attached hydrogens (tertiary/aromatic N) is 1. The Morgan fingerprint density at radius 2 is 1.96 bits per heavy atom. The van der Waals surface area contributed by atoms with Crippen LogP contribution in [-0.2, 0) is 0 Å². The van der Waals surface area contributed by atoms with E-state index in [-0.39, 0.29) is 5.91 Å². The summed E-state index contributed by atoms with van der Waals surface area (Å²) in [6, 6.07) is 15.9. The predicted molar refractivity (Wildman–Crippen MR) is 108 cm³/mol. The number of carbonyl (C=O) groups is 1. The number of furan rings is 1. The van der Waals surface area contributed by atoms with Crippen molar-refractivity contribution in [2.45, 2.75) is 0 Å². The van der Waals surface area contributed by atoms with Gasteiger partial charge in [0, 0.05) is 19.7 Å². The van der Waals surface area contributed by atoms with Gasteiger partial charge in [-0.15, -0.1) is 0 Å². The lowest BCUT2D eigenvalue weighted by Gasteiger charge is -2.01. The van der Waals surface area contributed by atoms with E-state index in [9.17, 15) is 4.79 Å². The van der Waals surface area contributed by atoms with Gasteiger partial charge < -0.3 is 4.42 Å². The van der Waals surface area contributed by atoms with Gasteiger partial charge in [0.2, 0.25) is 0 Å². The molecule has 0 saturated heterocycles. The molecule has 0 aliphatic heterocycles. The summed E-state index contributed by atoms with van der Waals surface area (Å²) < 4.78 is 6.64. The maximum absolute atomic E-state index is 12.0. The van der Waals surface area contributed by atoms with E-state index < -0.39 is 0 Å². The molecule has 0 aliphatic rings. The molecular formula is C18H11Cl2IN2O2. The fraction of sp³-hybridized carbons (Fsp3) is 0. The fourth-order valence-electron chi connectivity index (χ4n) is 2.10. The number of nitrogens with one attached hydrogen (secondary N) is 1. The van der Waals surface area contributed by atoms with Gasteiger partial charge >= 0.3 is 0 Å². The molecule has 0 atom stereocenters. The quantitative estimate of drug-likeness (QED) is 0.297. The second-order valence-electron chi connectivity index (χ2n) is 5.04. The molecule has 0 radical (unpaired) electrons. The van der Waals surface area contributed by atoms with E-state index >= 15 is 0 Å². The van der Waals surface area contributed by atoms with Gasteiger partial charge in [0.05, 0.1) is 11.2 Å². The standard InChI is InChI=1S/C18H11Cl2IN2O2/c19-12-4-6-16(20)15(9-12)17-7-5-14(25-17)10-22-23-18(24)11-2-1-3-13(21)8-11/h1-10H,(H,23,24)/b22-10-. The van der Waals surface area contributed by atoms with Crippen LogP contribution in [0.15, 0.2) is 64.1 Å². The average Bonchev–Trinajstić information content (AvgIpc) is 3.05. The lowest BCUT2D eigenvalue weighted by atomic mass is 10.2. The van der Waals surface area contributed by atoms with Crippen molar-refractivity contribution in [3.05, 3.63) is 79.5 Å². The van der Waals surface area contributed by atoms with Gasteiger partial charge in [-0.25, -0.2) is 5.43 Å². The molecule has 3 aromatic rings. The molecule has 1 amide bonds. The van der Waals surface area contributed by atoms with Crippen molar-refractivity contribution in [2.75, 3.05) is 0 Å². The molecular weight excluding hydrogens is 474 g/mol. The molecule has 126 valence electrons. The van der Waals surface area contributed by atoms with Crippen molar-refractivity contribution in [3.63, 3.8) is 0 Å². The van der Waals surface area contributed by atoms with E-state index in [1.54, 1.807) is 42.5 Å². The van der Waals surface area contributed by atoms with Gasteiger partial charge in [-0.3, -0.25) is 4.79 Å². The van der Waals surface area contributed by atoms with E-state index in [0.29, 0.717) is 32.7 Å². The molecule has 4 nitrogen and oxygen atoms in total. The zero-order chi connectivity index (χ0) is 17.8. The Morgan fingerprint density at radius 1 is 1.12 bits per heavy atom. The number of rotatable bonds is 4. The molecule has 7 heteroatoms. The van der Waals surface area contributed by atoms with E-state index in [1.165, 1.54) is 6.21 Å². The highest BCUT2D eigenvalue weighted by molar-refractivity contribution is 14.1. The Balaban J connectivity index is 1.70. The summed E-state index contributed by atoms with van der Waals surface area (Å²) in [5, 5.41) is 5.02. The normalized spacial score (nSPS) is 11.0. The summed E-state index contributed by atoms with van der Waals surface area (Å²) >= 11 is 14.3. The molecule has 3 rings (SSSR count). The third-order valence-corrected chi connectivity index (χ3v) is 4.50. The van der Waals surface area contributed by atoms with Crippen LogP contribution in [0, 0.1) is 3.57 Å². The molecule has 0 unspecified atom stereocenters. The van der Waals surface area contributed by atoms with Crippen LogP contribution in [0.4, 0.5) is 0 Å². The van der Waals surface area contributed by atoms with Crippen LogP contribution in [0.5, 0.6) is 0 Å². The highest BCUT2D eigenvalue weighted by atomic mass is 127. The smallest absolute Gasteiger partial charge is 0.271 e. The second-order valence-corrected chi connectivity index (χ2v) is 7.12. The number of hydrogen-bond donors (Lipinski definition) is 1. The molecule has 0 spiro atoms. The van der Waals surface area contributed by atoms with Gasteiger partial charge in [-0.05, 0) is 71.1 Å². The van der Waals surface area contributed by atoms with Crippen molar-refractivity contribution >= 4 is 57.9 Å². The summed E-state index contributed by atoms with van der Waals surface area (Å²) in [5.74, 6) is 0.756. The van der Waals surface area contributed by atoms with Crippen molar-refractivity contribution < 1.29 is 9.21 Å². The Morgan fingerprint density at radius 3 is 2.76 bits per heavy atom. The van der Waals surface area contributed by atoms with Gasteiger partial charge in [-0.1, -0.05) is 29.3 Å². The lowest BCUT2D eigenvalue weighted by Crippen LogP contribution is -2.17. The maximum Gasteiger partial charge on any atom is 0.271 e. The minimum absolute atomic E-state index is 0.292. The number of benzene rings is 2. The number of hydrogen-bond acceptors (Lipinski definition) is 3. The summed E-state index contributed by atoms with van der Waals surface area (Å²) in [6.45, 7) is 0. The van der Waals surface area contributed by atoms with E-state index in [1.807, 2.05) is 12.1 Å². The van der Waals surface area contributed by atoms with Crippen LogP contribution in [-0.4, -0.2) is 12.1 Å². The SMILES string of the molecule is O=C(N/N=C\c1ccc(-c2cc(Cl)ccc2Cl)o1)c1cccc(I)c1. The second kappa shape index (κ2) is 8.03. The molecule has 1 N–H and O–H groups in total. The minimum atomic E-state index is -0.292. The van der Waals surface area contributed by atoms with E-state index in [0.717, 1.165) is 3.57 Å². The number of amides is 1. The topological polar surface area (TPSA) is 54.6 Å². The molecule has 0 aliphatic carbocycles. The van der Waals surface area contributed by atoms with Gasteiger partial charge in [0.1, 0.15) is 11.5 Å². The first-order chi connectivity index (χ1) is 12.0.